The maximum Gasteiger partial charge on any atom is 0.0929 e. The molecule has 0 unspecified atom stereocenters. The number of nitrogens with zero attached hydrogens (tertiary/aromatic N) is 1. The van der Waals surface area contributed by atoms with Gasteiger partial charge < -0.3 is 5.73 Å². The first-order valence-corrected chi connectivity index (χ1v) is 6.72. The van der Waals surface area contributed by atoms with Crippen molar-refractivity contribution < 1.29 is 0 Å². The molecule has 84 valence electrons. The second kappa shape index (κ2) is 4.22. The van der Waals surface area contributed by atoms with Crippen molar-refractivity contribution >= 4 is 11.3 Å². The van der Waals surface area contributed by atoms with Crippen LogP contribution in [0.25, 0.3) is 0 Å². The number of thiazole rings is 1. The lowest BCUT2D eigenvalue weighted by atomic mass is 9.76. The van der Waals surface area contributed by atoms with Gasteiger partial charge in [0.1, 0.15) is 0 Å². The van der Waals surface area contributed by atoms with E-state index < -0.39 is 0 Å². The van der Waals surface area contributed by atoms with Gasteiger partial charge >= 0.3 is 0 Å². The summed E-state index contributed by atoms with van der Waals surface area (Å²) in [5.41, 5.74) is 7.30. The van der Waals surface area contributed by atoms with E-state index >= 15 is 0 Å². The Morgan fingerprint density at radius 1 is 1.53 bits per heavy atom. The highest BCUT2D eigenvalue weighted by Crippen LogP contribution is 2.38. The van der Waals surface area contributed by atoms with E-state index in [-0.39, 0.29) is 5.54 Å². The Labute approximate surface area is 95.9 Å². The molecule has 1 aliphatic rings. The van der Waals surface area contributed by atoms with Gasteiger partial charge in [-0.1, -0.05) is 13.8 Å². The molecule has 1 aromatic rings. The molecule has 1 saturated carbocycles. The van der Waals surface area contributed by atoms with Gasteiger partial charge in [-0.3, -0.25) is 0 Å². The van der Waals surface area contributed by atoms with Crippen molar-refractivity contribution in [3.05, 3.63) is 16.1 Å². The van der Waals surface area contributed by atoms with Crippen molar-refractivity contribution in [2.75, 3.05) is 0 Å². The average Bonchev–Trinajstić information content (AvgIpc) is 2.59. The number of nitrogens with two attached hydrogens (primary N) is 1. The third kappa shape index (κ3) is 2.40. The van der Waals surface area contributed by atoms with Gasteiger partial charge in [-0.15, -0.1) is 11.3 Å². The van der Waals surface area contributed by atoms with Crippen LogP contribution in [-0.4, -0.2) is 4.98 Å². The maximum atomic E-state index is 6.24. The van der Waals surface area contributed by atoms with Crippen LogP contribution in [0.2, 0.25) is 0 Å². The number of aromatic nitrogens is 1. The molecule has 0 spiro atoms. The largest absolute Gasteiger partial charge is 0.320 e. The molecule has 15 heavy (non-hydrogen) atoms. The van der Waals surface area contributed by atoms with Crippen LogP contribution in [0.3, 0.4) is 0 Å². The van der Waals surface area contributed by atoms with Crippen molar-refractivity contribution in [2.24, 2.45) is 11.7 Å². The molecule has 1 heterocycles. The molecule has 3 heteroatoms. The summed E-state index contributed by atoms with van der Waals surface area (Å²) in [4.78, 5) is 4.67. The zero-order valence-corrected chi connectivity index (χ0v) is 10.4. The summed E-state index contributed by atoms with van der Waals surface area (Å²) in [6.07, 6.45) is 5.82. The van der Waals surface area contributed by atoms with E-state index in [1.807, 2.05) is 0 Å². The number of hydrogen-bond donors (Lipinski definition) is 1. The second-order valence-corrected chi connectivity index (χ2v) is 6.01. The van der Waals surface area contributed by atoms with E-state index in [0.717, 1.165) is 30.9 Å². The molecule has 1 fully saturated rings. The summed E-state index contributed by atoms with van der Waals surface area (Å²) in [6, 6.07) is 0. The van der Waals surface area contributed by atoms with Crippen LogP contribution >= 0.6 is 11.3 Å². The van der Waals surface area contributed by atoms with Crippen LogP contribution in [0, 0.1) is 5.92 Å². The Morgan fingerprint density at radius 3 is 2.80 bits per heavy atom. The summed E-state index contributed by atoms with van der Waals surface area (Å²) in [5, 5.41) is 3.42. The lowest BCUT2D eigenvalue weighted by Gasteiger charge is -2.36. The quantitative estimate of drug-likeness (QED) is 0.853. The molecule has 0 aliphatic heterocycles. The van der Waals surface area contributed by atoms with Crippen molar-refractivity contribution in [1.29, 1.82) is 0 Å². The van der Waals surface area contributed by atoms with Gasteiger partial charge in [0.05, 0.1) is 16.2 Å². The minimum atomic E-state index is -0.0768. The zero-order chi connectivity index (χ0) is 10.9. The Balaban J connectivity index is 1.98. The summed E-state index contributed by atoms with van der Waals surface area (Å²) in [6.45, 7) is 4.51. The summed E-state index contributed by atoms with van der Waals surface area (Å²) < 4.78 is 0. The number of hydrogen-bond acceptors (Lipinski definition) is 3. The van der Waals surface area contributed by atoms with Crippen LogP contribution < -0.4 is 5.73 Å². The molecule has 0 atom stereocenters. The van der Waals surface area contributed by atoms with Gasteiger partial charge in [-0.2, -0.15) is 0 Å². The van der Waals surface area contributed by atoms with Gasteiger partial charge in [0.25, 0.3) is 0 Å². The van der Waals surface area contributed by atoms with E-state index in [0.29, 0.717) is 0 Å². The maximum absolute atomic E-state index is 6.24. The molecule has 2 N–H and O–H groups in total. The second-order valence-electron chi connectivity index (χ2n) is 5.07. The van der Waals surface area contributed by atoms with E-state index in [4.69, 9.17) is 5.73 Å². The standard InChI is InChI=1S/C12H20N2S/c1-9(2)4-5-11-14-10(8-15-11)12(13)6-3-7-12/h8-9H,3-7,13H2,1-2H3. The van der Waals surface area contributed by atoms with Crippen molar-refractivity contribution in [1.82, 2.24) is 4.98 Å². The molecule has 2 nitrogen and oxygen atoms in total. The Morgan fingerprint density at radius 2 is 2.27 bits per heavy atom. The number of aryl methyl sites for hydroxylation is 1. The first-order valence-electron chi connectivity index (χ1n) is 5.84. The monoisotopic (exact) mass is 224 g/mol. The van der Waals surface area contributed by atoms with Gasteiger partial charge in [-0.25, -0.2) is 4.98 Å². The molecule has 0 saturated heterocycles. The lowest BCUT2D eigenvalue weighted by molar-refractivity contribution is 0.247. The molecular formula is C12H20N2S. The van der Waals surface area contributed by atoms with Crippen LogP contribution in [0.1, 0.15) is 50.2 Å². The highest BCUT2D eigenvalue weighted by molar-refractivity contribution is 7.09. The Kier molecular flexibility index (Phi) is 3.12. The van der Waals surface area contributed by atoms with Crippen LogP contribution in [-0.2, 0) is 12.0 Å². The third-order valence-corrected chi connectivity index (χ3v) is 4.15. The predicted octanol–water partition coefficient (Wildman–Crippen LogP) is 3.07. The summed E-state index contributed by atoms with van der Waals surface area (Å²) >= 11 is 1.78. The summed E-state index contributed by atoms with van der Waals surface area (Å²) in [7, 11) is 0. The van der Waals surface area contributed by atoms with Crippen molar-refractivity contribution in [2.45, 2.75) is 51.5 Å². The van der Waals surface area contributed by atoms with Gasteiger partial charge in [0.15, 0.2) is 0 Å². The third-order valence-electron chi connectivity index (χ3n) is 3.24. The minimum Gasteiger partial charge on any atom is -0.320 e. The molecule has 1 aliphatic carbocycles. The molecule has 1 aromatic heterocycles. The minimum absolute atomic E-state index is 0.0768. The first kappa shape index (κ1) is 11.1. The van der Waals surface area contributed by atoms with Gasteiger partial charge in [0.2, 0.25) is 0 Å². The zero-order valence-electron chi connectivity index (χ0n) is 9.62. The van der Waals surface area contributed by atoms with Crippen LogP contribution in [0.4, 0.5) is 0 Å². The molecule has 0 amide bonds. The van der Waals surface area contributed by atoms with E-state index in [1.165, 1.54) is 17.8 Å². The Hall–Kier alpha value is -0.410. The molecule has 2 rings (SSSR count). The highest BCUT2D eigenvalue weighted by atomic mass is 32.1. The van der Waals surface area contributed by atoms with Crippen LogP contribution in [0.5, 0.6) is 0 Å². The molecule has 0 aromatic carbocycles. The van der Waals surface area contributed by atoms with Crippen molar-refractivity contribution in [3.63, 3.8) is 0 Å². The lowest BCUT2D eigenvalue weighted by Crippen LogP contribution is -2.43. The average molecular weight is 224 g/mol. The SMILES string of the molecule is CC(C)CCc1nc(C2(N)CCC2)cs1. The molecular weight excluding hydrogens is 204 g/mol. The smallest absolute Gasteiger partial charge is 0.0929 e. The normalized spacial score (nSPS) is 19.2. The topological polar surface area (TPSA) is 38.9 Å². The molecule has 0 radical (unpaired) electrons. The van der Waals surface area contributed by atoms with Gasteiger partial charge in [-0.05, 0) is 38.0 Å². The predicted molar refractivity (Wildman–Crippen MR) is 65.0 cm³/mol. The first-order chi connectivity index (χ1) is 7.10. The van der Waals surface area contributed by atoms with Crippen molar-refractivity contribution in [3.8, 4) is 0 Å². The van der Waals surface area contributed by atoms with E-state index in [9.17, 15) is 0 Å². The van der Waals surface area contributed by atoms with Gasteiger partial charge in [0, 0.05) is 5.38 Å². The van der Waals surface area contributed by atoms with E-state index in [1.54, 1.807) is 11.3 Å². The molecule has 0 bridgehead atoms. The Bertz CT molecular complexity index is 326. The highest BCUT2D eigenvalue weighted by Gasteiger charge is 2.36. The van der Waals surface area contributed by atoms with Crippen LogP contribution in [0.15, 0.2) is 5.38 Å². The van der Waals surface area contributed by atoms with E-state index in [2.05, 4.69) is 24.2 Å². The fourth-order valence-corrected chi connectivity index (χ4v) is 2.80. The number of rotatable bonds is 4. The summed E-state index contributed by atoms with van der Waals surface area (Å²) in [5.74, 6) is 0.757. The fourth-order valence-electron chi connectivity index (χ4n) is 1.88. The fraction of sp³-hybridized carbons (Fsp3) is 0.750.